The smallest absolute Gasteiger partial charge is 0.343 e. The maximum atomic E-state index is 13.8. The van der Waals surface area contributed by atoms with Crippen LogP contribution in [0.25, 0.3) is 22.6 Å². The van der Waals surface area contributed by atoms with Crippen molar-refractivity contribution >= 4 is 5.97 Å². The molecule has 0 atom stereocenters. The van der Waals surface area contributed by atoms with Crippen LogP contribution in [0.5, 0.6) is 5.75 Å². The fourth-order valence-corrected chi connectivity index (χ4v) is 3.37. The van der Waals surface area contributed by atoms with Crippen molar-refractivity contribution in [1.82, 2.24) is 4.98 Å². The van der Waals surface area contributed by atoms with E-state index in [0.717, 1.165) is 5.56 Å². The van der Waals surface area contributed by atoms with Crippen molar-refractivity contribution in [2.45, 2.75) is 12.8 Å². The van der Waals surface area contributed by atoms with Crippen LogP contribution in [0.15, 0.2) is 77.2 Å². The lowest BCUT2D eigenvalue weighted by Gasteiger charge is -2.06. The number of carbonyl (C=O) groups is 1. The SMILES string of the molecule is COC(=O)COc1cccc(CCc2nc(-c3cccc(F)c3)c(-c3cccc(F)c3)o2)c1. The van der Waals surface area contributed by atoms with Gasteiger partial charge in [-0.3, -0.25) is 0 Å². The Balaban J connectivity index is 1.58. The zero-order valence-electron chi connectivity index (χ0n) is 17.9. The summed E-state index contributed by atoms with van der Waals surface area (Å²) in [7, 11) is 1.30. The second kappa shape index (κ2) is 10.1. The Morgan fingerprint density at radius 3 is 2.33 bits per heavy atom. The number of benzene rings is 3. The number of esters is 1. The number of hydrogen-bond donors (Lipinski definition) is 0. The Morgan fingerprint density at radius 2 is 1.61 bits per heavy atom. The highest BCUT2D eigenvalue weighted by atomic mass is 19.1. The number of carbonyl (C=O) groups excluding carboxylic acids is 1. The molecule has 4 aromatic rings. The van der Waals surface area contributed by atoms with Crippen molar-refractivity contribution in [3.8, 4) is 28.3 Å². The summed E-state index contributed by atoms with van der Waals surface area (Å²) in [4.78, 5) is 15.9. The molecule has 0 aliphatic rings. The largest absolute Gasteiger partial charge is 0.482 e. The normalized spacial score (nSPS) is 10.8. The monoisotopic (exact) mass is 449 g/mol. The molecule has 3 aromatic carbocycles. The topological polar surface area (TPSA) is 61.6 Å². The Morgan fingerprint density at radius 1 is 0.909 bits per heavy atom. The van der Waals surface area contributed by atoms with Gasteiger partial charge >= 0.3 is 5.97 Å². The van der Waals surface area contributed by atoms with Gasteiger partial charge in [0.15, 0.2) is 18.3 Å². The highest BCUT2D eigenvalue weighted by molar-refractivity contribution is 5.77. The number of nitrogens with zero attached hydrogens (tertiary/aromatic N) is 1. The van der Waals surface area contributed by atoms with Crippen LogP contribution in [0.4, 0.5) is 8.78 Å². The lowest BCUT2D eigenvalue weighted by atomic mass is 10.1. The first-order chi connectivity index (χ1) is 16.0. The van der Waals surface area contributed by atoms with E-state index in [0.29, 0.717) is 47.1 Å². The van der Waals surface area contributed by atoms with Crippen molar-refractivity contribution in [2.75, 3.05) is 13.7 Å². The molecule has 7 heteroatoms. The number of rotatable bonds is 8. The lowest BCUT2D eigenvalue weighted by molar-refractivity contribution is -0.142. The average Bonchev–Trinajstić information content (AvgIpc) is 3.26. The van der Waals surface area contributed by atoms with E-state index in [1.54, 1.807) is 30.3 Å². The van der Waals surface area contributed by atoms with Gasteiger partial charge in [0.05, 0.1) is 7.11 Å². The van der Waals surface area contributed by atoms with E-state index in [1.807, 2.05) is 18.2 Å². The van der Waals surface area contributed by atoms with Crippen LogP contribution in [0.3, 0.4) is 0 Å². The zero-order chi connectivity index (χ0) is 23.2. The Labute approximate surface area is 189 Å². The standard InChI is InChI=1S/C26H21F2NO4/c1-31-24(30)16-32-22-10-2-5-17(13-22)11-12-23-29-25(18-6-3-8-20(27)14-18)26(33-23)19-7-4-9-21(28)15-19/h2-10,13-15H,11-12,16H2,1H3. The van der Waals surface area contributed by atoms with Crippen LogP contribution in [0, 0.1) is 11.6 Å². The van der Waals surface area contributed by atoms with Crippen LogP contribution < -0.4 is 4.74 Å². The Hall–Kier alpha value is -4.00. The molecule has 0 saturated heterocycles. The molecule has 168 valence electrons. The van der Waals surface area contributed by atoms with Gasteiger partial charge in [-0.15, -0.1) is 0 Å². The minimum Gasteiger partial charge on any atom is -0.482 e. The minimum atomic E-state index is -0.463. The van der Waals surface area contributed by atoms with Crippen molar-refractivity contribution in [3.63, 3.8) is 0 Å². The van der Waals surface area contributed by atoms with Gasteiger partial charge in [-0.1, -0.05) is 36.4 Å². The molecule has 4 rings (SSSR count). The number of oxazole rings is 1. The average molecular weight is 449 g/mol. The van der Waals surface area contributed by atoms with E-state index in [-0.39, 0.29) is 6.61 Å². The molecule has 0 spiro atoms. The van der Waals surface area contributed by atoms with Crippen LogP contribution >= 0.6 is 0 Å². The fraction of sp³-hybridized carbons (Fsp3) is 0.154. The second-order valence-corrected chi connectivity index (χ2v) is 7.32. The van der Waals surface area contributed by atoms with Crippen LogP contribution in [-0.4, -0.2) is 24.7 Å². The van der Waals surface area contributed by atoms with Gasteiger partial charge in [-0.2, -0.15) is 0 Å². The first-order valence-corrected chi connectivity index (χ1v) is 10.3. The van der Waals surface area contributed by atoms with E-state index in [4.69, 9.17) is 9.15 Å². The third-order valence-electron chi connectivity index (χ3n) is 4.97. The van der Waals surface area contributed by atoms with E-state index >= 15 is 0 Å². The van der Waals surface area contributed by atoms with Gasteiger partial charge in [-0.25, -0.2) is 18.6 Å². The van der Waals surface area contributed by atoms with E-state index in [2.05, 4.69) is 9.72 Å². The van der Waals surface area contributed by atoms with Crippen LogP contribution in [-0.2, 0) is 22.4 Å². The number of aromatic nitrogens is 1. The summed E-state index contributed by atoms with van der Waals surface area (Å²) in [6.45, 7) is -0.173. The second-order valence-electron chi connectivity index (χ2n) is 7.32. The van der Waals surface area contributed by atoms with Gasteiger partial charge < -0.3 is 13.9 Å². The highest BCUT2D eigenvalue weighted by Crippen LogP contribution is 2.33. The van der Waals surface area contributed by atoms with Gasteiger partial charge in [-0.05, 0) is 48.4 Å². The third-order valence-corrected chi connectivity index (χ3v) is 4.97. The number of aryl methyl sites for hydroxylation is 2. The molecule has 5 nitrogen and oxygen atoms in total. The summed E-state index contributed by atoms with van der Waals surface area (Å²) in [5.41, 5.74) is 2.47. The molecule has 0 amide bonds. The molecule has 0 N–H and O–H groups in total. The summed E-state index contributed by atoms with van der Waals surface area (Å²) in [5, 5.41) is 0. The van der Waals surface area contributed by atoms with Crippen LogP contribution in [0.1, 0.15) is 11.5 Å². The molecule has 0 aliphatic heterocycles. The van der Waals surface area contributed by atoms with Crippen LogP contribution in [0.2, 0.25) is 0 Å². The van der Waals surface area contributed by atoms with E-state index < -0.39 is 17.6 Å². The van der Waals surface area contributed by atoms with Crippen molar-refractivity contribution in [3.05, 3.63) is 95.9 Å². The summed E-state index contributed by atoms with van der Waals surface area (Å²) in [6, 6.07) is 19.4. The molecule has 0 radical (unpaired) electrons. The van der Waals surface area contributed by atoms with Gasteiger partial charge in [0.1, 0.15) is 23.1 Å². The van der Waals surface area contributed by atoms with E-state index in [1.165, 1.54) is 31.4 Å². The summed E-state index contributed by atoms with van der Waals surface area (Å²) < 4.78 is 43.7. The molecular formula is C26H21F2NO4. The van der Waals surface area contributed by atoms with Gasteiger partial charge in [0.2, 0.25) is 0 Å². The third kappa shape index (κ3) is 5.63. The molecule has 0 unspecified atom stereocenters. The maximum Gasteiger partial charge on any atom is 0.343 e. The lowest BCUT2D eigenvalue weighted by Crippen LogP contribution is -2.12. The summed E-state index contributed by atoms with van der Waals surface area (Å²) >= 11 is 0. The number of methoxy groups -OCH3 is 1. The zero-order valence-corrected chi connectivity index (χ0v) is 17.9. The molecule has 33 heavy (non-hydrogen) atoms. The predicted molar refractivity (Wildman–Crippen MR) is 119 cm³/mol. The number of ether oxygens (including phenoxy) is 2. The van der Waals surface area contributed by atoms with Crippen molar-refractivity contribution in [2.24, 2.45) is 0 Å². The molecule has 0 bridgehead atoms. The first kappa shape index (κ1) is 22.2. The first-order valence-electron chi connectivity index (χ1n) is 10.3. The maximum absolute atomic E-state index is 13.8. The Bertz CT molecular complexity index is 1210. The quantitative estimate of drug-likeness (QED) is 0.327. The molecular weight excluding hydrogens is 428 g/mol. The Kier molecular flexibility index (Phi) is 6.78. The molecule has 0 saturated carbocycles. The summed E-state index contributed by atoms with van der Waals surface area (Å²) in [6.07, 6.45) is 1.04. The fourth-order valence-electron chi connectivity index (χ4n) is 3.37. The minimum absolute atomic E-state index is 0.173. The summed E-state index contributed by atoms with van der Waals surface area (Å²) in [5.74, 6) is 0.103. The highest BCUT2D eigenvalue weighted by Gasteiger charge is 2.18. The van der Waals surface area contributed by atoms with Gasteiger partial charge in [0.25, 0.3) is 0 Å². The van der Waals surface area contributed by atoms with Crippen molar-refractivity contribution in [1.29, 1.82) is 0 Å². The molecule has 1 aromatic heterocycles. The molecule has 0 fully saturated rings. The van der Waals surface area contributed by atoms with E-state index in [9.17, 15) is 13.6 Å². The molecule has 1 heterocycles. The predicted octanol–water partition coefficient (Wildman–Crippen LogP) is 5.62. The van der Waals surface area contributed by atoms with Crippen molar-refractivity contribution < 1.29 is 27.5 Å². The number of hydrogen-bond acceptors (Lipinski definition) is 5. The molecule has 0 aliphatic carbocycles. The van der Waals surface area contributed by atoms with Gasteiger partial charge in [0, 0.05) is 17.5 Å². The number of halogens is 2.